The van der Waals surface area contributed by atoms with Gasteiger partial charge in [-0.15, -0.1) is 24.0 Å². The van der Waals surface area contributed by atoms with E-state index in [9.17, 15) is 0 Å². The smallest absolute Gasteiger partial charge is 0.191 e. The van der Waals surface area contributed by atoms with E-state index in [0.717, 1.165) is 71.4 Å². The third kappa shape index (κ3) is 9.07. The highest BCUT2D eigenvalue weighted by molar-refractivity contribution is 14.0. The maximum absolute atomic E-state index is 5.40. The lowest BCUT2D eigenvalue weighted by Crippen LogP contribution is -2.49. The van der Waals surface area contributed by atoms with Gasteiger partial charge in [0.15, 0.2) is 5.96 Å². The number of hydrogen-bond acceptors (Lipinski definition) is 4. The Kier molecular flexibility index (Phi) is 13.5. The Labute approximate surface area is 188 Å². The van der Waals surface area contributed by atoms with Crippen LogP contribution in [0.4, 0.5) is 0 Å². The third-order valence-electron chi connectivity index (χ3n) is 5.20. The number of nitrogens with zero attached hydrogens (tertiary/aromatic N) is 3. The number of ether oxygens (including phenoxy) is 1. The van der Waals surface area contributed by atoms with Crippen LogP contribution in [0.3, 0.4) is 0 Å². The zero-order valence-electron chi connectivity index (χ0n) is 17.7. The zero-order valence-corrected chi connectivity index (χ0v) is 20.0. The van der Waals surface area contributed by atoms with Crippen LogP contribution in [0.1, 0.15) is 19.4 Å². The second kappa shape index (κ2) is 15.0. The predicted octanol–water partition coefficient (Wildman–Crippen LogP) is 2.05. The zero-order chi connectivity index (χ0) is 19.3. The maximum atomic E-state index is 5.40. The number of hydrogen-bond donors (Lipinski definition) is 2. The van der Waals surface area contributed by atoms with Crippen LogP contribution in [0.2, 0.25) is 0 Å². The molecule has 28 heavy (non-hydrogen) atoms. The van der Waals surface area contributed by atoms with E-state index < -0.39 is 0 Å². The van der Waals surface area contributed by atoms with E-state index in [0.29, 0.717) is 6.04 Å². The van der Waals surface area contributed by atoms with Gasteiger partial charge in [0.1, 0.15) is 0 Å². The lowest BCUT2D eigenvalue weighted by atomic mass is 10.0. The molecule has 0 spiro atoms. The molecule has 0 aliphatic carbocycles. The van der Waals surface area contributed by atoms with Gasteiger partial charge in [-0.2, -0.15) is 0 Å². The molecular formula is C21H38IN5O. The van der Waals surface area contributed by atoms with Crippen molar-refractivity contribution in [1.82, 2.24) is 20.4 Å². The van der Waals surface area contributed by atoms with E-state index in [4.69, 9.17) is 4.74 Å². The summed E-state index contributed by atoms with van der Waals surface area (Å²) in [4.78, 5) is 9.34. The van der Waals surface area contributed by atoms with Crippen LogP contribution < -0.4 is 10.6 Å². The minimum absolute atomic E-state index is 0. The van der Waals surface area contributed by atoms with Gasteiger partial charge in [-0.05, 0) is 25.1 Å². The molecule has 0 bridgehead atoms. The van der Waals surface area contributed by atoms with Crippen LogP contribution >= 0.6 is 24.0 Å². The fraction of sp³-hybridized carbons (Fsp3) is 0.667. The molecule has 1 aromatic rings. The van der Waals surface area contributed by atoms with E-state index in [1.54, 1.807) is 0 Å². The first-order valence-corrected chi connectivity index (χ1v) is 10.3. The number of aliphatic imine (C=N–C) groups is 1. The average Bonchev–Trinajstić information content (AvgIpc) is 2.72. The van der Waals surface area contributed by atoms with Crippen molar-refractivity contribution in [2.75, 3.05) is 66.1 Å². The van der Waals surface area contributed by atoms with Crippen LogP contribution in [0.15, 0.2) is 35.3 Å². The van der Waals surface area contributed by atoms with Crippen LogP contribution in [0.5, 0.6) is 0 Å². The Morgan fingerprint density at radius 2 is 1.82 bits per heavy atom. The van der Waals surface area contributed by atoms with Crippen LogP contribution in [0.25, 0.3) is 0 Å². The van der Waals surface area contributed by atoms with Crippen molar-refractivity contribution >= 4 is 29.9 Å². The van der Waals surface area contributed by atoms with Gasteiger partial charge in [-0.3, -0.25) is 14.8 Å². The Morgan fingerprint density at radius 3 is 2.43 bits per heavy atom. The van der Waals surface area contributed by atoms with E-state index >= 15 is 0 Å². The molecule has 6 nitrogen and oxygen atoms in total. The molecule has 2 N–H and O–H groups in total. The molecule has 1 aliphatic heterocycles. The standard InChI is InChI=1S/C21H37N5O.HI/c1-4-26(5-2)20(17-19-9-7-6-8-10-19)18-24-21(22-3)23-11-12-25-13-15-27-16-14-25;/h6-10,20H,4-5,11-18H2,1-3H3,(H2,22,23,24);1H. The summed E-state index contributed by atoms with van der Waals surface area (Å²) >= 11 is 0. The number of guanidine groups is 1. The summed E-state index contributed by atoms with van der Waals surface area (Å²) in [5.74, 6) is 0.883. The van der Waals surface area contributed by atoms with Crippen LogP contribution in [-0.2, 0) is 11.2 Å². The molecule has 0 saturated carbocycles. The fourth-order valence-corrected chi connectivity index (χ4v) is 3.55. The van der Waals surface area contributed by atoms with Crippen molar-refractivity contribution in [2.24, 2.45) is 4.99 Å². The number of morpholine rings is 1. The first-order valence-electron chi connectivity index (χ1n) is 10.3. The van der Waals surface area contributed by atoms with Gasteiger partial charge in [0.2, 0.25) is 0 Å². The van der Waals surface area contributed by atoms with Gasteiger partial charge < -0.3 is 15.4 Å². The topological polar surface area (TPSA) is 52.1 Å². The van der Waals surface area contributed by atoms with Crippen LogP contribution in [0, 0.1) is 0 Å². The molecule has 0 amide bonds. The summed E-state index contributed by atoms with van der Waals surface area (Å²) in [7, 11) is 1.84. The highest BCUT2D eigenvalue weighted by atomic mass is 127. The molecule has 0 aromatic heterocycles. The maximum Gasteiger partial charge on any atom is 0.191 e. The minimum Gasteiger partial charge on any atom is -0.379 e. The monoisotopic (exact) mass is 503 g/mol. The molecular weight excluding hydrogens is 465 g/mol. The van der Waals surface area contributed by atoms with Gasteiger partial charge in [0, 0.05) is 45.8 Å². The number of rotatable bonds is 10. The van der Waals surface area contributed by atoms with Crippen molar-refractivity contribution in [1.29, 1.82) is 0 Å². The summed E-state index contributed by atoms with van der Waals surface area (Å²) in [5.41, 5.74) is 1.38. The summed E-state index contributed by atoms with van der Waals surface area (Å²) in [5, 5.41) is 6.98. The lowest BCUT2D eigenvalue weighted by Gasteiger charge is -2.31. The normalized spacial score (nSPS) is 16.5. The van der Waals surface area contributed by atoms with E-state index in [1.807, 2.05) is 7.05 Å². The highest BCUT2D eigenvalue weighted by Gasteiger charge is 2.17. The summed E-state index contributed by atoms with van der Waals surface area (Å²) in [6.07, 6.45) is 1.04. The second-order valence-electron chi connectivity index (χ2n) is 6.90. The molecule has 1 fully saturated rings. The lowest BCUT2D eigenvalue weighted by molar-refractivity contribution is 0.0389. The average molecular weight is 503 g/mol. The quantitative estimate of drug-likeness (QED) is 0.291. The molecule has 1 heterocycles. The number of nitrogens with one attached hydrogen (secondary N) is 2. The predicted molar refractivity (Wildman–Crippen MR) is 129 cm³/mol. The number of benzene rings is 1. The van der Waals surface area contributed by atoms with E-state index in [-0.39, 0.29) is 24.0 Å². The summed E-state index contributed by atoms with van der Waals surface area (Å²) < 4.78 is 5.40. The minimum atomic E-state index is 0. The molecule has 1 aliphatic rings. The van der Waals surface area contributed by atoms with Crippen molar-refractivity contribution in [3.8, 4) is 0 Å². The Morgan fingerprint density at radius 1 is 1.14 bits per heavy atom. The van der Waals surface area contributed by atoms with Gasteiger partial charge in [-0.1, -0.05) is 44.2 Å². The van der Waals surface area contributed by atoms with Gasteiger partial charge in [-0.25, -0.2) is 0 Å². The fourth-order valence-electron chi connectivity index (χ4n) is 3.55. The summed E-state index contributed by atoms with van der Waals surface area (Å²) in [6, 6.07) is 11.2. The number of halogens is 1. The van der Waals surface area contributed by atoms with Crippen molar-refractivity contribution < 1.29 is 4.74 Å². The first-order chi connectivity index (χ1) is 13.3. The van der Waals surface area contributed by atoms with E-state index in [1.165, 1.54) is 5.56 Å². The third-order valence-corrected chi connectivity index (χ3v) is 5.20. The SMILES string of the molecule is CCN(CC)C(CNC(=NC)NCCN1CCOCC1)Cc1ccccc1.I. The van der Waals surface area contributed by atoms with Gasteiger partial charge >= 0.3 is 0 Å². The Balaban J connectivity index is 0.00000392. The number of likely N-dealkylation sites (N-methyl/N-ethyl adjacent to an activating group) is 1. The largest absolute Gasteiger partial charge is 0.379 e. The van der Waals surface area contributed by atoms with Crippen LogP contribution in [-0.4, -0.2) is 87.9 Å². The Hall–Kier alpha value is -0.900. The van der Waals surface area contributed by atoms with Gasteiger partial charge in [0.05, 0.1) is 13.2 Å². The molecule has 160 valence electrons. The van der Waals surface area contributed by atoms with Gasteiger partial charge in [0.25, 0.3) is 0 Å². The molecule has 1 saturated heterocycles. The van der Waals surface area contributed by atoms with Crippen molar-refractivity contribution in [2.45, 2.75) is 26.3 Å². The molecule has 1 atom stereocenters. The van der Waals surface area contributed by atoms with E-state index in [2.05, 4.69) is 69.6 Å². The molecule has 7 heteroatoms. The summed E-state index contributed by atoms with van der Waals surface area (Å²) in [6.45, 7) is 13.1. The highest BCUT2D eigenvalue weighted by Crippen LogP contribution is 2.08. The molecule has 1 unspecified atom stereocenters. The van der Waals surface area contributed by atoms with Crippen molar-refractivity contribution in [3.63, 3.8) is 0 Å². The Bertz CT molecular complexity index is 533. The molecule has 1 aromatic carbocycles. The molecule has 2 rings (SSSR count). The van der Waals surface area contributed by atoms with Crippen molar-refractivity contribution in [3.05, 3.63) is 35.9 Å². The first kappa shape index (κ1) is 25.1. The molecule has 0 radical (unpaired) electrons. The second-order valence-corrected chi connectivity index (χ2v) is 6.90.